The Morgan fingerprint density at radius 3 is 2.57 bits per heavy atom. The molecule has 2 fully saturated rings. The largest absolute Gasteiger partial charge is 0.481 e. The average molecular weight is 405 g/mol. The van der Waals surface area contributed by atoms with Crippen LogP contribution in [0.3, 0.4) is 0 Å². The van der Waals surface area contributed by atoms with E-state index in [1.54, 1.807) is 55.4 Å². The molecule has 0 aromatic carbocycles. The number of nitrogens with one attached hydrogen (secondary N) is 1. The second-order valence-corrected chi connectivity index (χ2v) is 8.45. The molecule has 30 heavy (non-hydrogen) atoms. The number of carbonyl (C=O) groups excluding carboxylic acids is 1. The molecule has 0 unspecified atom stereocenters. The molecular weight excluding hydrogens is 382 g/mol. The molecule has 1 atom stereocenters. The van der Waals surface area contributed by atoms with E-state index >= 15 is 0 Å². The molecule has 8 heteroatoms. The lowest BCUT2D eigenvalue weighted by Crippen LogP contribution is -2.35. The highest BCUT2D eigenvalue weighted by molar-refractivity contribution is 6.02. The van der Waals surface area contributed by atoms with Crippen molar-refractivity contribution in [3.05, 3.63) is 42.2 Å². The Labute approximate surface area is 174 Å². The SMILES string of the molecule is CC(C)(C(=O)O)c1ccnc(Nc2cc(N3CC[C@@](C#N)(C4CC4)C3=O)ccn2)c1. The zero-order chi connectivity index (χ0) is 21.5. The third-order valence-corrected chi connectivity index (χ3v) is 6.16. The van der Waals surface area contributed by atoms with Gasteiger partial charge in [0.2, 0.25) is 5.91 Å². The van der Waals surface area contributed by atoms with Gasteiger partial charge in [-0.15, -0.1) is 0 Å². The molecule has 0 bridgehead atoms. The molecule has 1 amide bonds. The van der Waals surface area contributed by atoms with E-state index in [1.165, 1.54) is 0 Å². The minimum Gasteiger partial charge on any atom is -0.481 e. The maximum atomic E-state index is 13.0. The van der Waals surface area contributed by atoms with Gasteiger partial charge in [0.25, 0.3) is 0 Å². The lowest BCUT2D eigenvalue weighted by molar-refractivity contribution is -0.142. The van der Waals surface area contributed by atoms with Crippen molar-refractivity contribution in [2.75, 3.05) is 16.8 Å². The van der Waals surface area contributed by atoms with Gasteiger partial charge in [-0.2, -0.15) is 5.26 Å². The molecule has 154 valence electrons. The Morgan fingerprint density at radius 1 is 1.27 bits per heavy atom. The summed E-state index contributed by atoms with van der Waals surface area (Å²) in [6, 6.07) is 9.14. The van der Waals surface area contributed by atoms with Gasteiger partial charge >= 0.3 is 5.97 Å². The summed E-state index contributed by atoms with van der Waals surface area (Å²) >= 11 is 0. The number of carboxylic acid groups (broad SMARTS) is 1. The zero-order valence-corrected chi connectivity index (χ0v) is 16.9. The van der Waals surface area contributed by atoms with E-state index in [2.05, 4.69) is 21.4 Å². The predicted molar refractivity (Wildman–Crippen MR) is 110 cm³/mol. The van der Waals surface area contributed by atoms with Crippen LogP contribution < -0.4 is 10.2 Å². The molecule has 1 saturated heterocycles. The Balaban J connectivity index is 1.56. The molecular formula is C22H23N5O3. The molecule has 8 nitrogen and oxygen atoms in total. The summed E-state index contributed by atoms with van der Waals surface area (Å²) in [7, 11) is 0. The first-order valence-electron chi connectivity index (χ1n) is 9.94. The van der Waals surface area contributed by atoms with Gasteiger partial charge < -0.3 is 15.3 Å². The van der Waals surface area contributed by atoms with Crippen molar-refractivity contribution in [3.8, 4) is 6.07 Å². The number of carbonyl (C=O) groups is 2. The number of hydrogen-bond acceptors (Lipinski definition) is 6. The third kappa shape index (κ3) is 3.26. The quantitative estimate of drug-likeness (QED) is 0.757. The summed E-state index contributed by atoms with van der Waals surface area (Å²) in [5.74, 6) is 0.0587. The fourth-order valence-electron chi connectivity index (χ4n) is 3.93. The van der Waals surface area contributed by atoms with Crippen LogP contribution in [0.2, 0.25) is 0 Å². The van der Waals surface area contributed by atoms with Crippen LogP contribution in [0.4, 0.5) is 17.3 Å². The summed E-state index contributed by atoms with van der Waals surface area (Å²) in [6.45, 7) is 3.77. The Hall–Kier alpha value is -3.47. The number of hydrogen-bond donors (Lipinski definition) is 2. The number of rotatable bonds is 6. The second kappa shape index (κ2) is 7.10. The summed E-state index contributed by atoms with van der Waals surface area (Å²) in [6.07, 6.45) is 5.56. The number of nitriles is 1. The van der Waals surface area contributed by atoms with Gasteiger partial charge in [0.1, 0.15) is 17.1 Å². The van der Waals surface area contributed by atoms with Crippen LogP contribution in [-0.2, 0) is 15.0 Å². The van der Waals surface area contributed by atoms with E-state index < -0.39 is 16.8 Å². The van der Waals surface area contributed by atoms with E-state index in [9.17, 15) is 20.0 Å². The van der Waals surface area contributed by atoms with Gasteiger partial charge in [0, 0.05) is 30.7 Å². The van der Waals surface area contributed by atoms with E-state index in [4.69, 9.17) is 0 Å². The lowest BCUT2D eigenvalue weighted by atomic mass is 9.83. The molecule has 1 aliphatic carbocycles. The highest BCUT2D eigenvalue weighted by Crippen LogP contribution is 2.51. The van der Waals surface area contributed by atoms with Crippen LogP contribution in [0.5, 0.6) is 0 Å². The zero-order valence-electron chi connectivity index (χ0n) is 16.9. The van der Waals surface area contributed by atoms with Gasteiger partial charge in [0.15, 0.2) is 0 Å². The van der Waals surface area contributed by atoms with Crippen molar-refractivity contribution in [1.82, 2.24) is 9.97 Å². The Kier molecular flexibility index (Phi) is 4.69. The van der Waals surface area contributed by atoms with Gasteiger partial charge in [-0.25, -0.2) is 9.97 Å². The highest BCUT2D eigenvalue weighted by atomic mass is 16.4. The molecule has 4 rings (SSSR count). The fourth-order valence-corrected chi connectivity index (χ4v) is 3.93. The molecule has 2 aromatic heterocycles. The predicted octanol–water partition coefficient (Wildman–Crippen LogP) is 3.24. The summed E-state index contributed by atoms with van der Waals surface area (Å²) in [4.78, 5) is 34.8. The number of aliphatic carboxylic acids is 1. The van der Waals surface area contributed by atoms with E-state index in [0.717, 1.165) is 12.8 Å². The lowest BCUT2D eigenvalue weighted by Gasteiger charge is -2.21. The smallest absolute Gasteiger partial charge is 0.313 e. The van der Waals surface area contributed by atoms with Crippen LogP contribution >= 0.6 is 0 Å². The standard InChI is InChI=1S/C22H23N5O3/c1-21(2,20(29)30)15-5-8-24-17(11-15)26-18-12-16(6-9-25-18)27-10-7-22(13-23,19(27)28)14-3-4-14/h5-6,8-9,11-12,14H,3-4,7,10H2,1-2H3,(H,29,30)(H,24,25,26)/t22-/m1/s1. The number of aromatic nitrogens is 2. The average Bonchev–Trinajstić information content (AvgIpc) is 3.52. The Bertz CT molecular complexity index is 1060. The molecule has 0 spiro atoms. The molecule has 1 aliphatic heterocycles. The van der Waals surface area contributed by atoms with Gasteiger partial charge in [-0.05, 0) is 62.8 Å². The number of amides is 1. The van der Waals surface area contributed by atoms with Gasteiger partial charge in [0.05, 0.1) is 11.5 Å². The first-order chi connectivity index (χ1) is 14.3. The van der Waals surface area contributed by atoms with Crippen molar-refractivity contribution in [3.63, 3.8) is 0 Å². The van der Waals surface area contributed by atoms with E-state index in [1.807, 2.05) is 0 Å². The fraction of sp³-hybridized carbons (Fsp3) is 0.409. The molecule has 2 aliphatic rings. The number of pyridine rings is 2. The maximum absolute atomic E-state index is 13.0. The van der Waals surface area contributed by atoms with Crippen LogP contribution in [0.25, 0.3) is 0 Å². The third-order valence-electron chi connectivity index (χ3n) is 6.16. The minimum absolute atomic E-state index is 0.131. The number of nitrogens with zero attached hydrogens (tertiary/aromatic N) is 4. The van der Waals surface area contributed by atoms with Gasteiger partial charge in [-0.3, -0.25) is 9.59 Å². The summed E-state index contributed by atoms with van der Waals surface area (Å²) in [5, 5.41) is 22.2. The first-order valence-corrected chi connectivity index (χ1v) is 9.94. The first kappa shape index (κ1) is 19.8. The normalized spacial score (nSPS) is 21.4. The molecule has 2 aromatic rings. The molecule has 0 radical (unpaired) electrons. The molecule has 3 heterocycles. The van der Waals surface area contributed by atoms with Gasteiger partial charge in [-0.1, -0.05) is 0 Å². The van der Waals surface area contributed by atoms with Crippen LogP contribution in [0.15, 0.2) is 36.7 Å². The highest BCUT2D eigenvalue weighted by Gasteiger charge is 2.56. The van der Waals surface area contributed by atoms with Crippen molar-refractivity contribution in [2.24, 2.45) is 11.3 Å². The van der Waals surface area contributed by atoms with Crippen LogP contribution in [-0.4, -0.2) is 33.5 Å². The van der Waals surface area contributed by atoms with E-state index in [-0.39, 0.29) is 11.8 Å². The maximum Gasteiger partial charge on any atom is 0.313 e. The molecule has 2 N–H and O–H groups in total. The Morgan fingerprint density at radius 2 is 1.93 bits per heavy atom. The minimum atomic E-state index is -1.06. The van der Waals surface area contributed by atoms with Crippen LogP contribution in [0, 0.1) is 22.7 Å². The van der Waals surface area contributed by atoms with Crippen molar-refractivity contribution < 1.29 is 14.7 Å². The number of carboxylic acids is 1. The monoisotopic (exact) mass is 405 g/mol. The van der Waals surface area contributed by atoms with Crippen molar-refractivity contribution in [1.29, 1.82) is 5.26 Å². The van der Waals surface area contributed by atoms with E-state index in [0.29, 0.717) is 35.9 Å². The summed E-state index contributed by atoms with van der Waals surface area (Å²) in [5.41, 5.74) is -0.659. The van der Waals surface area contributed by atoms with Crippen molar-refractivity contribution in [2.45, 2.75) is 38.5 Å². The molecule has 1 saturated carbocycles. The summed E-state index contributed by atoms with van der Waals surface area (Å²) < 4.78 is 0. The van der Waals surface area contributed by atoms with Crippen molar-refractivity contribution >= 4 is 29.2 Å². The second-order valence-electron chi connectivity index (χ2n) is 8.45. The van der Waals surface area contributed by atoms with Crippen LogP contribution in [0.1, 0.15) is 38.7 Å². The number of anilines is 3. The topological polar surface area (TPSA) is 119 Å².